The van der Waals surface area contributed by atoms with Crippen LogP contribution in [0, 0.1) is 24.1 Å². The molecule has 4 nitrogen and oxygen atoms in total. The first-order valence-electron chi connectivity index (χ1n) is 5.98. The van der Waals surface area contributed by atoms with Gasteiger partial charge in [0.25, 0.3) is 5.91 Å². The van der Waals surface area contributed by atoms with E-state index in [9.17, 15) is 9.18 Å². The molecule has 0 aliphatic rings. The fraction of sp³-hybridized carbons (Fsp3) is 0.0667. The second-order valence-corrected chi connectivity index (χ2v) is 4.91. The van der Waals surface area contributed by atoms with Crippen molar-refractivity contribution in [2.45, 2.75) is 6.92 Å². The average molecular weight is 304 g/mol. The van der Waals surface area contributed by atoms with E-state index < -0.39 is 11.7 Å². The van der Waals surface area contributed by atoms with Gasteiger partial charge in [-0.15, -0.1) is 0 Å². The van der Waals surface area contributed by atoms with Crippen LogP contribution in [0.15, 0.2) is 30.3 Å². The third-order valence-electron chi connectivity index (χ3n) is 2.90. The SMILES string of the molecule is Cc1c(F)cc(C#N)cc1NC(=O)c1cc(N)cc(Cl)c1. The summed E-state index contributed by atoms with van der Waals surface area (Å²) in [5.74, 6) is -1.04. The van der Waals surface area contributed by atoms with Crippen LogP contribution in [0.5, 0.6) is 0 Å². The van der Waals surface area contributed by atoms with Gasteiger partial charge < -0.3 is 11.1 Å². The molecule has 21 heavy (non-hydrogen) atoms. The van der Waals surface area contributed by atoms with Crippen LogP contribution in [0.3, 0.4) is 0 Å². The zero-order chi connectivity index (χ0) is 15.6. The predicted octanol–water partition coefficient (Wildman–Crippen LogP) is 3.49. The standard InChI is InChI=1S/C15H11ClFN3O/c1-8-13(17)2-9(7-18)3-14(8)20-15(21)10-4-11(16)6-12(19)5-10/h2-6H,19H2,1H3,(H,20,21). The van der Waals surface area contributed by atoms with Gasteiger partial charge in [0.05, 0.1) is 11.6 Å². The summed E-state index contributed by atoms with van der Waals surface area (Å²) < 4.78 is 13.7. The van der Waals surface area contributed by atoms with E-state index in [2.05, 4.69) is 5.32 Å². The Bertz CT molecular complexity index is 748. The summed E-state index contributed by atoms with van der Waals surface area (Å²) in [6.45, 7) is 1.51. The van der Waals surface area contributed by atoms with Crippen LogP contribution < -0.4 is 11.1 Å². The van der Waals surface area contributed by atoms with Crippen LogP contribution in [-0.4, -0.2) is 5.91 Å². The molecule has 0 radical (unpaired) electrons. The van der Waals surface area contributed by atoms with Gasteiger partial charge in [0.1, 0.15) is 5.82 Å². The summed E-state index contributed by atoms with van der Waals surface area (Å²) in [7, 11) is 0. The molecule has 106 valence electrons. The summed E-state index contributed by atoms with van der Waals surface area (Å²) in [4.78, 5) is 12.2. The van der Waals surface area contributed by atoms with E-state index >= 15 is 0 Å². The fourth-order valence-electron chi connectivity index (χ4n) is 1.81. The van der Waals surface area contributed by atoms with Gasteiger partial charge in [-0.05, 0) is 37.3 Å². The molecule has 1 amide bonds. The highest BCUT2D eigenvalue weighted by atomic mass is 35.5. The maximum Gasteiger partial charge on any atom is 0.255 e. The second-order valence-electron chi connectivity index (χ2n) is 4.47. The van der Waals surface area contributed by atoms with Gasteiger partial charge in [0.2, 0.25) is 0 Å². The lowest BCUT2D eigenvalue weighted by Gasteiger charge is -2.10. The Kier molecular flexibility index (Phi) is 4.10. The summed E-state index contributed by atoms with van der Waals surface area (Å²) in [5, 5.41) is 11.7. The third kappa shape index (κ3) is 3.30. The fourth-order valence-corrected chi connectivity index (χ4v) is 2.05. The number of hydrogen-bond donors (Lipinski definition) is 2. The van der Waals surface area contributed by atoms with Crippen LogP contribution in [0.25, 0.3) is 0 Å². The Hall–Kier alpha value is -2.58. The van der Waals surface area contributed by atoms with E-state index in [0.717, 1.165) is 6.07 Å². The molecule has 0 saturated heterocycles. The molecule has 3 N–H and O–H groups in total. The third-order valence-corrected chi connectivity index (χ3v) is 3.12. The van der Waals surface area contributed by atoms with Crippen molar-refractivity contribution in [3.63, 3.8) is 0 Å². The van der Waals surface area contributed by atoms with Crippen LogP contribution in [-0.2, 0) is 0 Å². The van der Waals surface area contributed by atoms with Crippen molar-refractivity contribution in [3.05, 3.63) is 57.9 Å². The minimum Gasteiger partial charge on any atom is -0.399 e. The molecule has 0 atom stereocenters. The van der Waals surface area contributed by atoms with Gasteiger partial charge in [-0.1, -0.05) is 11.6 Å². The monoisotopic (exact) mass is 303 g/mol. The van der Waals surface area contributed by atoms with E-state index in [0.29, 0.717) is 10.7 Å². The summed E-state index contributed by atoms with van der Waals surface area (Å²) in [6.07, 6.45) is 0. The van der Waals surface area contributed by atoms with Crippen LogP contribution in [0.1, 0.15) is 21.5 Å². The van der Waals surface area contributed by atoms with E-state index in [-0.39, 0.29) is 22.4 Å². The summed E-state index contributed by atoms with van der Waals surface area (Å²) in [5.41, 5.74) is 6.83. The number of nitriles is 1. The number of nitrogens with one attached hydrogen (secondary N) is 1. The first-order chi connectivity index (χ1) is 9.90. The lowest BCUT2D eigenvalue weighted by Crippen LogP contribution is -2.14. The highest BCUT2D eigenvalue weighted by molar-refractivity contribution is 6.31. The maximum absolute atomic E-state index is 13.7. The molecule has 0 saturated carbocycles. The number of halogens is 2. The van der Waals surface area contributed by atoms with Gasteiger partial charge in [-0.25, -0.2) is 4.39 Å². The number of amides is 1. The number of nitrogens with two attached hydrogens (primary N) is 1. The van der Waals surface area contributed by atoms with Crippen molar-refractivity contribution in [2.75, 3.05) is 11.1 Å². The molecule has 0 aliphatic heterocycles. The molecule has 0 fully saturated rings. The number of hydrogen-bond acceptors (Lipinski definition) is 3. The lowest BCUT2D eigenvalue weighted by atomic mass is 10.1. The van der Waals surface area contributed by atoms with E-state index in [4.69, 9.17) is 22.6 Å². The Balaban J connectivity index is 2.36. The number of nitrogens with zero attached hydrogens (tertiary/aromatic N) is 1. The van der Waals surface area contributed by atoms with Gasteiger partial charge in [0.15, 0.2) is 0 Å². The van der Waals surface area contributed by atoms with Gasteiger partial charge in [-0.3, -0.25) is 4.79 Å². The zero-order valence-electron chi connectivity index (χ0n) is 11.1. The molecule has 0 aromatic heterocycles. The predicted molar refractivity (Wildman–Crippen MR) is 79.7 cm³/mol. The van der Waals surface area contributed by atoms with Crippen molar-refractivity contribution in [1.82, 2.24) is 0 Å². The van der Waals surface area contributed by atoms with Gasteiger partial charge >= 0.3 is 0 Å². The van der Waals surface area contributed by atoms with Gasteiger partial charge in [0, 0.05) is 27.5 Å². The maximum atomic E-state index is 13.7. The molecule has 0 bridgehead atoms. The van der Waals surface area contributed by atoms with Crippen molar-refractivity contribution in [1.29, 1.82) is 5.26 Å². The molecule has 0 heterocycles. The molecule has 0 spiro atoms. The topological polar surface area (TPSA) is 78.9 Å². The average Bonchev–Trinajstić information content (AvgIpc) is 2.42. The number of carbonyl (C=O) groups is 1. The second kappa shape index (κ2) is 5.81. The summed E-state index contributed by atoms with van der Waals surface area (Å²) >= 11 is 5.84. The smallest absolute Gasteiger partial charge is 0.255 e. The zero-order valence-corrected chi connectivity index (χ0v) is 11.8. The first kappa shape index (κ1) is 14.8. The molecule has 6 heteroatoms. The number of benzene rings is 2. The lowest BCUT2D eigenvalue weighted by molar-refractivity contribution is 0.102. The van der Waals surface area contributed by atoms with Crippen molar-refractivity contribution in [2.24, 2.45) is 0 Å². The molecule has 0 aliphatic carbocycles. The highest BCUT2D eigenvalue weighted by Crippen LogP contribution is 2.22. The molecule has 0 unspecified atom stereocenters. The van der Waals surface area contributed by atoms with E-state index in [1.165, 1.54) is 31.2 Å². The van der Waals surface area contributed by atoms with Crippen molar-refractivity contribution >= 4 is 28.9 Å². The first-order valence-corrected chi connectivity index (χ1v) is 6.36. The summed E-state index contributed by atoms with van der Waals surface area (Å²) in [6, 6.07) is 8.78. The van der Waals surface area contributed by atoms with Crippen LogP contribution in [0.2, 0.25) is 5.02 Å². The molecule has 2 aromatic rings. The molecular formula is C15H11ClFN3O. The number of carbonyl (C=O) groups excluding carboxylic acids is 1. The minimum atomic E-state index is -0.560. The van der Waals surface area contributed by atoms with Crippen LogP contribution >= 0.6 is 11.6 Å². The van der Waals surface area contributed by atoms with Gasteiger partial charge in [-0.2, -0.15) is 5.26 Å². The Morgan fingerprint density at radius 1 is 1.33 bits per heavy atom. The largest absolute Gasteiger partial charge is 0.399 e. The van der Waals surface area contributed by atoms with E-state index in [1.54, 1.807) is 0 Å². The molecule has 2 aromatic carbocycles. The Labute approximate surface area is 125 Å². The molecular weight excluding hydrogens is 293 g/mol. The van der Waals surface area contributed by atoms with Crippen LogP contribution in [0.4, 0.5) is 15.8 Å². The number of rotatable bonds is 2. The Morgan fingerprint density at radius 2 is 2.05 bits per heavy atom. The molecule has 2 rings (SSSR count). The van der Waals surface area contributed by atoms with E-state index in [1.807, 2.05) is 6.07 Å². The normalized spacial score (nSPS) is 10.0. The highest BCUT2D eigenvalue weighted by Gasteiger charge is 2.12. The quantitative estimate of drug-likeness (QED) is 0.833. The Morgan fingerprint density at radius 3 is 2.67 bits per heavy atom. The van der Waals surface area contributed by atoms with Crippen molar-refractivity contribution in [3.8, 4) is 6.07 Å². The van der Waals surface area contributed by atoms with Crippen molar-refractivity contribution < 1.29 is 9.18 Å². The number of nitrogen functional groups attached to an aromatic ring is 1. The minimum absolute atomic E-state index is 0.124. The number of anilines is 2.